The summed E-state index contributed by atoms with van der Waals surface area (Å²) in [5.74, 6) is 0.853. The lowest BCUT2D eigenvalue weighted by Gasteiger charge is -2.21. The first kappa shape index (κ1) is 8.54. The molecule has 0 bridgehead atoms. The van der Waals surface area contributed by atoms with Crippen LogP contribution >= 0.6 is 15.9 Å². The quantitative estimate of drug-likeness (QED) is 0.646. The second-order valence-electron chi connectivity index (χ2n) is 2.91. The molecule has 0 spiro atoms. The van der Waals surface area contributed by atoms with Gasteiger partial charge in [0.25, 0.3) is 0 Å². The molecule has 1 fully saturated rings. The van der Waals surface area contributed by atoms with Crippen molar-refractivity contribution in [3.05, 3.63) is 0 Å². The van der Waals surface area contributed by atoms with Crippen molar-refractivity contribution in [3.63, 3.8) is 0 Å². The molecular weight excluding hydrogens is 192 g/mol. The van der Waals surface area contributed by atoms with E-state index in [9.17, 15) is 0 Å². The van der Waals surface area contributed by atoms with E-state index in [-0.39, 0.29) is 0 Å². The molecule has 1 aliphatic heterocycles. The van der Waals surface area contributed by atoms with Gasteiger partial charge in [-0.25, -0.2) is 0 Å². The van der Waals surface area contributed by atoms with Crippen LogP contribution in [-0.4, -0.2) is 18.5 Å². The van der Waals surface area contributed by atoms with Crippen LogP contribution in [0.15, 0.2) is 0 Å². The largest absolute Gasteiger partial charge is 0.381 e. The van der Waals surface area contributed by atoms with E-state index < -0.39 is 0 Å². The van der Waals surface area contributed by atoms with Crippen molar-refractivity contribution < 1.29 is 4.74 Å². The molecule has 0 N–H and O–H groups in total. The van der Waals surface area contributed by atoms with Crippen LogP contribution in [0.25, 0.3) is 0 Å². The van der Waals surface area contributed by atoms with E-state index in [0.717, 1.165) is 24.5 Å². The van der Waals surface area contributed by atoms with Crippen molar-refractivity contribution in [2.24, 2.45) is 5.92 Å². The molecule has 1 aliphatic rings. The van der Waals surface area contributed by atoms with Gasteiger partial charge in [0.15, 0.2) is 0 Å². The third-order valence-electron chi connectivity index (χ3n) is 2.00. The highest BCUT2D eigenvalue weighted by Gasteiger charge is 2.12. The third-order valence-corrected chi connectivity index (χ3v) is 2.56. The molecule has 2 heteroatoms. The summed E-state index contributed by atoms with van der Waals surface area (Å²) in [6.45, 7) is 2.00. The molecule has 1 rings (SSSR count). The highest BCUT2D eigenvalue weighted by Crippen LogP contribution is 2.18. The van der Waals surface area contributed by atoms with Gasteiger partial charge in [-0.05, 0) is 31.6 Å². The van der Waals surface area contributed by atoms with Gasteiger partial charge in [0, 0.05) is 18.5 Å². The predicted molar refractivity (Wildman–Crippen MR) is 46.6 cm³/mol. The molecule has 0 aromatic heterocycles. The monoisotopic (exact) mass is 206 g/mol. The lowest BCUT2D eigenvalue weighted by Crippen LogP contribution is -2.17. The van der Waals surface area contributed by atoms with Gasteiger partial charge >= 0.3 is 0 Å². The molecular formula is C8H15BrO. The maximum Gasteiger partial charge on any atom is 0.0494 e. The van der Waals surface area contributed by atoms with E-state index in [1.807, 2.05) is 0 Å². The number of halogens is 1. The third kappa shape index (κ3) is 3.02. The second kappa shape index (κ2) is 5.14. The fraction of sp³-hybridized carbons (Fsp3) is 1.00. The highest BCUT2D eigenvalue weighted by molar-refractivity contribution is 9.09. The topological polar surface area (TPSA) is 9.23 Å². The number of hydrogen-bond donors (Lipinski definition) is 0. The molecule has 0 radical (unpaired) electrons. The van der Waals surface area contributed by atoms with Crippen LogP contribution < -0.4 is 0 Å². The zero-order valence-corrected chi connectivity index (χ0v) is 7.90. The second-order valence-corrected chi connectivity index (χ2v) is 3.71. The van der Waals surface area contributed by atoms with Gasteiger partial charge in [-0.1, -0.05) is 15.9 Å². The Morgan fingerprint density at radius 1 is 1.50 bits per heavy atom. The van der Waals surface area contributed by atoms with Gasteiger partial charge in [-0.15, -0.1) is 0 Å². The Labute approximate surface area is 71.3 Å². The minimum atomic E-state index is 0.853. The summed E-state index contributed by atoms with van der Waals surface area (Å²) in [7, 11) is 0. The number of ether oxygens (including phenoxy) is 1. The van der Waals surface area contributed by atoms with Crippen LogP contribution in [0, 0.1) is 5.92 Å². The molecule has 1 unspecified atom stereocenters. The molecule has 1 heterocycles. The summed E-state index contributed by atoms with van der Waals surface area (Å²) in [6, 6.07) is 0. The van der Waals surface area contributed by atoms with Crippen molar-refractivity contribution >= 4 is 15.9 Å². The van der Waals surface area contributed by atoms with Crippen LogP contribution in [0.4, 0.5) is 0 Å². The van der Waals surface area contributed by atoms with Gasteiger partial charge in [0.1, 0.15) is 0 Å². The molecule has 1 nitrogen and oxygen atoms in total. The number of hydrogen-bond acceptors (Lipinski definition) is 1. The van der Waals surface area contributed by atoms with Crippen molar-refractivity contribution in [1.29, 1.82) is 0 Å². The Kier molecular flexibility index (Phi) is 4.39. The lowest BCUT2D eigenvalue weighted by molar-refractivity contribution is 0.0516. The molecule has 10 heavy (non-hydrogen) atoms. The number of rotatable bonds is 3. The van der Waals surface area contributed by atoms with E-state index in [4.69, 9.17) is 4.74 Å². The van der Waals surface area contributed by atoms with Crippen molar-refractivity contribution in [2.45, 2.75) is 25.7 Å². The predicted octanol–water partition coefficient (Wildman–Crippen LogP) is 2.59. The zero-order valence-electron chi connectivity index (χ0n) is 6.31. The fourth-order valence-electron chi connectivity index (χ4n) is 1.40. The Bertz CT molecular complexity index is 79.3. The van der Waals surface area contributed by atoms with Crippen molar-refractivity contribution in [3.8, 4) is 0 Å². The van der Waals surface area contributed by atoms with Gasteiger partial charge in [0.2, 0.25) is 0 Å². The van der Waals surface area contributed by atoms with Gasteiger partial charge in [-0.2, -0.15) is 0 Å². The molecule has 60 valence electrons. The minimum Gasteiger partial charge on any atom is -0.381 e. The van der Waals surface area contributed by atoms with Gasteiger partial charge in [0.05, 0.1) is 0 Å². The Morgan fingerprint density at radius 3 is 3.00 bits per heavy atom. The van der Waals surface area contributed by atoms with Crippen LogP contribution in [-0.2, 0) is 4.74 Å². The molecule has 0 saturated carbocycles. The molecule has 1 saturated heterocycles. The molecule has 0 aromatic carbocycles. The standard InChI is InChI=1S/C8H15BrO/c9-5-1-3-8-4-2-6-10-7-8/h8H,1-7H2. The van der Waals surface area contributed by atoms with Crippen molar-refractivity contribution in [2.75, 3.05) is 18.5 Å². The summed E-state index contributed by atoms with van der Waals surface area (Å²) >= 11 is 3.44. The van der Waals surface area contributed by atoms with E-state index >= 15 is 0 Å². The van der Waals surface area contributed by atoms with E-state index in [1.54, 1.807) is 0 Å². The summed E-state index contributed by atoms with van der Waals surface area (Å²) in [5.41, 5.74) is 0. The Hall–Kier alpha value is 0.440. The van der Waals surface area contributed by atoms with E-state index in [0.29, 0.717) is 0 Å². The maximum atomic E-state index is 5.36. The number of alkyl halides is 1. The SMILES string of the molecule is BrCCCC1CCCOC1. The van der Waals surface area contributed by atoms with Gasteiger partial charge < -0.3 is 4.74 Å². The lowest BCUT2D eigenvalue weighted by atomic mass is 9.97. The maximum absolute atomic E-state index is 5.36. The van der Waals surface area contributed by atoms with Crippen LogP contribution in [0.3, 0.4) is 0 Å². The van der Waals surface area contributed by atoms with E-state index in [1.165, 1.54) is 25.7 Å². The smallest absolute Gasteiger partial charge is 0.0494 e. The zero-order chi connectivity index (χ0) is 7.23. The minimum absolute atomic E-state index is 0.853. The molecule has 0 amide bonds. The summed E-state index contributed by atoms with van der Waals surface area (Å²) in [6.07, 6.45) is 5.29. The first-order valence-electron chi connectivity index (χ1n) is 4.07. The normalized spacial score (nSPS) is 26.7. The Balaban J connectivity index is 2.02. The molecule has 1 atom stereocenters. The first-order valence-corrected chi connectivity index (χ1v) is 5.19. The van der Waals surface area contributed by atoms with E-state index in [2.05, 4.69) is 15.9 Å². The van der Waals surface area contributed by atoms with Crippen LogP contribution in [0.1, 0.15) is 25.7 Å². The van der Waals surface area contributed by atoms with Crippen molar-refractivity contribution in [1.82, 2.24) is 0 Å². The Morgan fingerprint density at radius 2 is 2.40 bits per heavy atom. The average molecular weight is 207 g/mol. The highest BCUT2D eigenvalue weighted by atomic mass is 79.9. The summed E-state index contributed by atoms with van der Waals surface area (Å²) < 4.78 is 5.36. The van der Waals surface area contributed by atoms with Crippen LogP contribution in [0.2, 0.25) is 0 Å². The summed E-state index contributed by atoms with van der Waals surface area (Å²) in [4.78, 5) is 0. The fourth-order valence-corrected chi connectivity index (χ4v) is 1.72. The molecule has 0 aromatic rings. The average Bonchev–Trinajstić information content (AvgIpc) is 2.03. The molecule has 0 aliphatic carbocycles. The van der Waals surface area contributed by atoms with Crippen LogP contribution in [0.5, 0.6) is 0 Å². The van der Waals surface area contributed by atoms with Gasteiger partial charge in [-0.3, -0.25) is 0 Å². The summed E-state index contributed by atoms with van der Waals surface area (Å²) in [5, 5.41) is 1.14. The first-order chi connectivity index (χ1) is 4.93.